The third-order valence-corrected chi connectivity index (χ3v) is 5.32. The summed E-state index contributed by atoms with van der Waals surface area (Å²) in [6.45, 7) is 7.53. The predicted octanol–water partition coefficient (Wildman–Crippen LogP) is 3.99. The second-order valence-electron chi connectivity index (χ2n) is 7.32. The fourth-order valence-corrected chi connectivity index (χ4v) is 3.80. The van der Waals surface area contributed by atoms with Crippen molar-refractivity contribution in [3.63, 3.8) is 0 Å². The molecule has 0 unspecified atom stereocenters. The van der Waals surface area contributed by atoms with E-state index in [4.69, 9.17) is 19.2 Å². The number of allylic oxidation sites excluding steroid dienone is 1. The molecular weight excluding hydrogens is 378 g/mol. The van der Waals surface area contributed by atoms with E-state index in [2.05, 4.69) is 27.7 Å². The summed E-state index contributed by atoms with van der Waals surface area (Å²) in [5.41, 5.74) is 3.25. The monoisotopic (exact) mass is 407 g/mol. The minimum Gasteiger partial charge on any atom is -0.493 e. The van der Waals surface area contributed by atoms with Gasteiger partial charge in [-0.3, -0.25) is 4.90 Å². The van der Waals surface area contributed by atoms with Gasteiger partial charge in [0.25, 0.3) is 0 Å². The smallest absolute Gasteiger partial charge is 0.161 e. The van der Waals surface area contributed by atoms with Gasteiger partial charge in [0.1, 0.15) is 12.4 Å². The molecule has 2 aromatic carbocycles. The maximum atomic E-state index is 6.10. The van der Waals surface area contributed by atoms with Gasteiger partial charge in [0.15, 0.2) is 11.5 Å². The summed E-state index contributed by atoms with van der Waals surface area (Å²) in [7, 11) is 1.67. The van der Waals surface area contributed by atoms with Gasteiger partial charge in [0.05, 0.1) is 44.4 Å². The minimum atomic E-state index is 0.537. The molecule has 0 saturated carbocycles. The maximum absolute atomic E-state index is 6.10. The molecule has 1 aromatic heterocycles. The molecule has 1 aliphatic heterocycles. The molecular formula is C24H29N3O3. The lowest BCUT2D eigenvalue weighted by Gasteiger charge is -2.26. The standard InChI is InChI=1S/C24H29N3O3/c1-3-6-19-9-10-22(23(17-19)28-2)30-16-13-27-21-8-5-4-7-20(21)25-24(27)18-26-11-14-29-15-12-26/h3-10,17H,11-16,18H2,1-2H3/b6-3+. The van der Waals surface area contributed by atoms with E-state index in [1.807, 2.05) is 43.3 Å². The molecule has 0 aliphatic carbocycles. The molecule has 6 nitrogen and oxygen atoms in total. The van der Waals surface area contributed by atoms with Gasteiger partial charge in [0, 0.05) is 13.1 Å². The number of benzene rings is 2. The number of rotatable bonds is 8. The highest BCUT2D eigenvalue weighted by atomic mass is 16.5. The van der Waals surface area contributed by atoms with Crippen LogP contribution in [0.25, 0.3) is 17.1 Å². The van der Waals surface area contributed by atoms with Gasteiger partial charge in [-0.1, -0.05) is 30.4 Å². The van der Waals surface area contributed by atoms with E-state index in [9.17, 15) is 0 Å². The molecule has 0 spiro atoms. The normalized spacial score (nSPS) is 15.1. The molecule has 1 aliphatic rings. The van der Waals surface area contributed by atoms with Crippen LogP contribution in [0.15, 0.2) is 48.5 Å². The second-order valence-corrected chi connectivity index (χ2v) is 7.32. The number of fused-ring (bicyclic) bond motifs is 1. The van der Waals surface area contributed by atoms with Crippen molar-refractivity contribution in [1.29, 1.82) is 0 Å². The maximum Gasteiger partial charge on any atom is 0.161 e. The molecule has 1 saturated heterocycles. The quantitative estimate of drug-likeness (QED) is 0.565. The Morgan fingerprint density at radius 2 is 1.93 bits per heavy atom. The van der Waals surface area contributed by atoms with E-state index >= 15 is 0 Å². The number of methoxy groups -OCH3 is 1. The molecule has 1 fully saturated rings. The highest BCUT2D eigenvalue weighted by Gasteiger charge is 2.17. The molecule has 0 N–H and O–H groups in total. The van der Waals surface area contributed by atoms with Gasteiger partial charge < -0.3 is 18.8 Å². The first-order valence-corrected chi connectivity index (χ1v) is 10.5. The summed E-state index contributed by atoms with van der Waals surface area (Å²) in [5.74, 6) is 2.57. The van der Waals surface area contributed by atoms with E-state index < -0.39 is 0 Å². The number of imidazole rings is 1. The lowest BCUT2D eigenvalue weighted by molar-refractivity contribution is 0.0326. The molecule has 158 valence electrons. The Hall–Kier alpha value is -2.83. The number of nitrogens with zero attached hydrogens (tertiary/aromatic N) is 3. The first-order chi connectivity index (χ1) is 14.8. The summed E-state index contributed by atoms with van der Waals surface area (Å²) >= 11 is 0. The third-order valence-electron chi connectivity index (χ3n) is 5.32. The Morgan fingerprint density at radius 1 is 1.10 bits per heavy atom. The molecule has 6 heteroatoms. The highest BCUT2D eigenvalue weighted by molar-refractivity contribution is 5.75. The van der Waals surface area contributed by atoms with E-state index in [0.29, 0.717) is 6.61 Å². The van der Waals surface area contributed by atoms with Crippen LogP contribution < -0.4 is 9.47 Å². The van der Waals surface area contributed by atoms with Crippen molar-refractivity contribution < 1.29 is 14.2 Å². The van der Waals surface area contributed by atoms with Crippen LogP contribution in [-0.2, 0) is 17.8 Å². The number of para-hydroxylation sites is 2. The van der Waals surface area contributed by atoms with Crippen molar-refractivity contribution in [2.45, 2.75) is 20.0 Å². The number of morpholine rings is 1. The summed E-state index contributed by atoms with van der Waals surface area (Å²) in [4.78, 5) is 7.28. The van der Waals surface area contributed by atoms with Crippen LogP contribution in [0, 0.1) is 0 Å². The topological polar surface area (TPSA) is 48.8 Å². The van der Waals surface area contributed by atoms with E-state index in [-0.39, 0.29) is 0 Å². The van der Waals surface area contributed by atoms with Gasteiger partial charge in [-0.15, -0.1) is 0 Å². The van der Waals surface area contributed by atoms with Crippen LogP contribution in [0.5, 0.6) is 11.5 Å². The molecule has 2 heterocycles. The number of aromatic nitrogens is 2. The molecule has 3 aromatic rings. The van der Waals surface area contributed by atoms with Crippen LogP contribution >= 0.6 is 0 Å². The van der Waals surface area contributed by atoms with Crippen LogP contribution in [-0.4, -0.2) is 54.5 Å². The Bertz CT molecular complexity index is 1010. The van der Waals surface area contributed by atoms with Crippen molar-refractivity contribution in [1.82, 2.24) is 14.5 Å². The second kappa shape index (κ2) is 9.78. The third kappa shape index (κ3) is 4.66. The fourth-order valence-electron chi connectivity index (χ4n) is 3.80. The number of hydrogen-bond acceptors (Lipinski definition) is 5. The Morgan fingerprint density at radius 3 is 2.73 bits per heavy atom. The lowest BCUT2D eigenvalue weighted by atomic mass is 10.2. The zero-order chi connectivity index (χ0) is 20.8. The van der Waals surface area contributed by atoms with Gasteiger partial charge in [0.2, 0.25) is 0 Å². The average Bonchev–Trinajstić information content (AvgIpc) is 3.12. The Labute approximate surface area is 177 Å². The molecule has 30 heavy (non-hydrogen) atoms. The molecule has 0 atom stereocenters. The van der Waals surface area contributed by atoms with Crippen LogP contribution in [0.3, 0.4) is 0 Å². The van der Waals surface area contributed by atoms with E-state index in [1.165, 1.54) is 0 Å². The summed E-state index contributed by atoms with van der Waals surface area (Å²) < 4.78 is 19.4. The van der Waals surface area contributed by atoms with Gasteiger partial charge in [-0.2, -0.15) is 0 Å². The molecule has 0 amide bonds. The van der Waals surface area contributed by atoms with Crippen molar-refractivity contribution in [2.24, 2.45) is 0 Å². The van der Waals surface area contributed by atoms with Crippen LogP contribution in [0.2, 0.25) is 0 Å². The SMILES string of the molecule is C/C=C/c1ccc(OCCn2c(CN3CCOCC3)nc3ccccc32)c(OC)c1. The molecule has 0 bridgehead atoms. The zero-order valence-electron chi connectivity index (χ0n) is 17.7. The van der Waals surface area contributed by atoms with E-state index in [1.54, 1.807) is 7.11 Å². The summed E-state index contributed by atoms with van der Waals surface area (Å²) in [6, 6.07) is 14.3. The first kappa shape index (κ1) is 20.4. The van der Waals surface area contributed by atoms with Crippen molar-refractivity contribution in [3.05, 3.63) is 59.9 Å². The van der Waals surface area contributed by atoms with Crippen molar-refractivity contribution in [2.75, 3.05) is 40.0 Å². The Balaban J connectivity index is 1.50. The van der Waals surface area contributed by atoms with Crippen LogP contribution in [0.1, 0.15) is 18.3 Å². The Kier molecular flexibility index (Phi) is 6.67. The van der Waals surface area contributed by atoms with Crippen LogP contribution in [0.4, 0.5) is 0 Å². The molecule has 0 radical (unpaired) electrons. The predicted molar refractivity (Wildman–Crippen MR) is 119 cm³/mol. The summed E-state index contributed by atoms with van der Waals surface area (Å²) in [6.07, 6.45) is 4.05. The first-order valence-electron chi connectivity index (χ1n) is 10.5. The fraction of sp³-hybridized carbons (Fsp3) is 0.375. The lowest BCUT2D eigenvalue weighted by Crippen LogP contribution is -2.36. The number of hydrogen-bond donors (Lipinski definition) is 0. The van der Waals surface area contributed by atoms with Crippen molar-refractivity contribution in [3.8, 4) is 11.5 Å². The largest absolute Gasteiger partial charge is 0.493 e. The summed E-state index contributed by atoms with van der Waals surface area (Å²) in [5, 5.41) is 0. The molecule has 4 rings (SSSR count). The van der Waals surface area contributed by atoms with Gasteiger partial charge >= 0.3 is 0 Å². The highest BCUT2D eigenvalue weighted by Crippen LogP contribution is 2.29. The zero-order valence-corrected chi connectivity index (χ0v) is 17.7. The number of ether oxygens (including phenoxy) is 3. The van der Waals surface area contributed by atoms with E-state index in [0.717, 1.165) is 73.3 Å². The average molecular weight is 408 g/mol. The van der Waals surface area contributed by atoms with Crippen molar-refractivity contribution >= 4 is 17.1 Å². The van der Waals surface area contributed by atoms with Gasteiger partial charge in [-0.05, 0) is 36.8 Å². The van der Waals surface area contributed by atoms with Gasteiger partial charge in [-0.25, -0.2) is 4.98 Å². The minimum absolute atomic E-state index is 0.537.